The zero-order valence-electron chi connectivity index (χ0n) is 16.1. The number of carbonyl (C=O) groups is 1. The second kappa shape index (κ2) is 7.89. The molecule has 1 amide bonds. The largest absolute Gasteiger partial charge is 0.354 e. The third kappa shape index (κ3) is 3.65. The van der Waals surface area contributed by atoms with E-state index in [4.69, 9.17) is 0 Å². The van der Waals surface area contributed by atoms with Crippen LogP contribution in [0.1, 0.15) is 41.9 Å². The molecule has 2 bridgehead atoms. The van der Waals surface area contributed by atoms with E-state index in [1.807, 2.05) is 17.1 Å². The number of halogens is 1. The van der Waals surface area contributed by atoms with Gasteiger partial charge in [-0.2, -0.15) is 5.10 Å². The summed E-state index contributed by atoms with van der Waals surface area (Å²) in [6.07, 6.45) is 3.91. The van der Waals surface area contributed by atoms with E-state index in [0.717, 1.165) is 30.7 Å². The van der Waals surface area contributed by atoms with Gasteiger partial charge in [0.2, 0.25) is 5.91 Å². The van der Waals surface area contributed by atoms with Gasteiger partial charge < -0.3 is 10.6 Å². The standard InChI is InChI=1S/C19H27N5OS.ClH/c1-12-13(2)23-24(14(12)3)7-6-20-18(25)19(9-16-10-26-11-21-16)8-15-4-5-17(19)22-15;/h10-11,15,17,22H,4-9H2,1-3H3,(H,20,25);1H/t15-,17+,19-;/m0./s1. The van der Waals surface area contributed by atoms with Crippen molar-refractivity contribution in [1.82, 2.24) is 25.4 Å². The van der Waals surface area contributed by atoms with Crippen molar-refractivity contribution in [3.8, 4) is 0 Å². The fraction of sp³-hybridized carbons (Fsp3) is 0.632. The number of fused-ring (bicyclic) bond motifs is 2. The summed E-state index contributed by atoms with van der Waals surface area (Å²) in [6.45, 7) is 7.52. The summed E-state index contributed by atoms with van der Waals surface area (Å²) in [4.78, 5) is 17.7. The highest BCUT2D eigenvalue weighted by Crippen LogP contribution is 2.45. The van der Waals surface area contributed by atoms with E-state index in [1.54, 1.807) is 11.3 Å². The Bertz CT molecular complexity index is 805. The number of rotatable bonds is 6. The lowest BCUT2D eigenvalue weighted by atomic mass is 9.70. The van der Waals surface area contributed by atoms with Crippen molar-refractivity contribution in [3.63, 3.8) is 0 Å². The van der Waals surface area contributed by atoms with Gasteiger partial charge in [-0.1, -0.05) is 0 Å². The Morgan fingerprint density at radius 1 is 1.41 bits per heavy atom. The first-order valence-electron chi connectivity index (χ1n) is 9.41. The number of hydrogen-bond acceptors (Lipinski definition) is 5. The van der Waals surface area contributed by atoms with Crippen molar-refractivity contribution in [2.75, 3.05) is 6.54 Å². The summed E-state index contributed by atoms with van der Waals surface area (Å²) >= 11 is 1.60. The van der Waals surface area contributed by atoms with Crippen molar-refractivity contribution in [2.45, 2.75) is 65.1 Å². The number of aromatic nitrogens is 3. The van der Waals surface area contributed by atoms with E-state index in [9.17, 15) is 4.79 Å². The SMILES string of the molecule is Cc1nn(CCNC(=O)[C@]2(Cc3cscn3)C[C@@H]3CC[C@H]2N3)c(C)c1C.Cl. The normalized spacial score (nSPS) is 26.2. The maximum Gasteiger partial charge on any atom is 0.228 e. The summed E-state index contributed by atoms with van der Waals surface area (Å²) in [7, 11) is 0. The predicted octanol–water partition coefficient (Wildman–Crippen LogP) is 2.56. The summed E-state index contributed by atoms with van der Waals surface area (Å²) in [5.41, 5.74) is 6.00. The first-order valence-corrected chi connectivity index (χ1v) is 10.4. The second-order valence-corrected chi connectivity index (χ2v) is 8.50. The summed E-state index contributed by atoms with van der Waals surface area (Å²) in [6, 6.07) is 0.744. The van der Waals surface area contributed by atoms with E-state index >= 15 is 0 Å². The van der Waals surface area contributed by atoms with Gasteiger partial charge in [0, 0.05) is 36.1 Å². The minimum absolute atomic E-state index is 0. The van der Waals surface area contributed by atoms with Gasteiger partial charge in [0.25, 0.3) is 0 Å². The summed E-state index contributed by atoms with van der Waals surface area (Å²) in [5.74, 6) is 0.170. The lowest BCUT2D eigenvalue weighted by molar-refractivity contribution is -0.132. The van der Waals surface area contributed by atoms with Crippen molar-refractivity contribution in [3.05, 3.63) is 33.5 Å². The first-order chi connectivity index (χ1) is 12.5. The number of nitrogens with zero attached hydrogens (tertiary/aromatic N) is 3. The lowest BCUT2D eigenvalue weighted by Crippen LogP contribution is -2.50. The van der Waals surface area contributed by atoms with E-state index < -0.39 is 0 Å². The van der Waals surface area contributed by atoms with Gasteiger partial charge in [-0.3, -0.25) is 9.48 Å². The minimum Gasteiger partial charge on any atom is -0.354 e. The van der Waals surface area contributed by atoms with Gasteiger partial charge in [-0.15, -0.1) is 23.7 Å². The van der Waals surface area contributed by atoms with Crippen LogP contribution in [0.15, 0.2) is 10.9 Å². The van der Waals surface area contributed by atoms with Gasteiger partial charge >= 0.3 is 0 Å². The third-order valence-electron chi connectivity index (χ3n) is 6.30. The molecule has 8 heteroatoms. The molecular formula is C19H28ClN5OS. The van der Waals surface area contributed by atoms with Crippen LogP contribution in [0.2, 0.25) is 0 Å². The number of aryl methyl sites for hydroxylation is 1. The van der Waals surface area contributed by atoms with Crippen LogP contribution < -0.4 is 10.6 Å². The molecule has 2 saturated heterocycles. The topological polar surface area (TPSA) is 71.8 Å². The maximum absolute atomic E-state index is 13.2. The fourth-order valence-electron chi connectivity index (χ4n) is 4.63. The molecule has 2 fully saturated rings. The minimum atomic E-state index is -0.359. The van der Waals surface area contributed by atoms with Crippen LogP contribution in [0.25, 0.3) is 0 Å². The van der Waals surface area contributed by atoms with Crippen LogP contribution in [0.3, 0.4) is 0 Å². The van der Waals surface area contributed by atoms with E-state index in [2.05, 4.69) is 39.9 Å². The number of hydrogen-bond donors (Lipinski definition) is 2. The maximum atomic E-state index is 13.2. The highest BCUT2D eigenvalue weighted by atomic mass is 35.5. The van der Waals surface area contributed by atoms with Crippen LogP contribution in [0.5, 0.6) is 0 Å². The highest BCUT2D eigenvalue weighted by molar-refractivity contribution is 7.07. The molecule has 148 valence electrons. The number of carbonyl (C=O) groups excluding carboxylic acids is 1. The summed E-state index contributed by atoms with van der Waals surface area (Å²) < 4.78 is 2.00. The Morgan fingerprint density at radius 3 is 2.78 bits per heavy atom. The Morgan fingerprint density at radius 2 is 2.22 bits per heavy atom. The molecule has 0 spiro atoms. The van der Waals surface area contributed by atoms with E-state index in [1.165, 1.54) is 17.7 Å². The molecule has 0 radical (unpaired) electrons. The zero-order chi connectivity index (χ0) is 18.3. The molecule has 4 rings (SSSR count). The van der Waals surface area contributed by atoms with Gasteiger partial charge in [0.1, 0.15) is 0 Å². The fourth-order valence-corrected chi connectivity index (χ4v) is 5.19. The van der Waals surface area contributed by atoms with Crippen LogP contribution in [0.4, 0.5) is 0 Å². The number of thiazole rings is 1. The molecule has 4 heterocycles. The average molecular weight is 410 g/mol. The smallest absolute Gasteiger partial charge is 0.228 e. The molecule has 0 aromatic carbocycles. The zero-order valence-corrected chi connectivity index (χ0v) is 17.8. The lowest BCUT2D eigenvalue weighted by Gasteiger charge is -2.34. The molecule has 2 aromatic rings. The van der Waals surface area contributed by atoms with E-state index in [0.29, 0.717) is 19.1 Å². The average Bonchev–Trinajstić information content (AvgIpc) is 3.39. The van der Waals surface area contributed by atoms with Crippen molar-refractivity contribution < 1.29 is 4.79 Å². The molecule has 2 aliphatic rings. The van der Waals surface area contributed by atoms with Crippen LogP contribution >= 0.6 is 23.7 Å². The van der Waals surface area contributed by atoms with Gasteiger partial charge in [0.15, 0.2) is 0 Å². The van der Waals surface area contributed by atoms with Crippen LogP contribution in [0, 0.1) is 26.2 Å². The Hall–Kier alpha value is -1.44. The van der Waals surface area contributed by atoms with E-state index in [-0.39, 0.29) is 29.8 Å². The van der Waals surface area contributed by atoms with Crippen molar-refractivity contribution >= 4 is 29.7 Å². The Kier molecular flexibility index (Phi) is 5.93. The Labute approximate surface area is 170 Å². The first kappa shape index (κ1) is 20.3. The summed E-state index contributed by atoms with van der Waals surface area (Å²) in [5, 5.41) is 13.5. The Balaban J connectivity index is 0.00000210. The number of nitrogens with one attached hydrogen (secondary N) is 2. The molecule has 0 aliphatic carbocycles. The molecule has 27 heavy (non-hydrogen) atoms. The molecule has 3 atom stereocenters. The second-order valence-electron chi connectivity index (χ2n) is 7.79. The quantitative estimate of drug-likeness (QED) is 0.769. The predicted molar refractivity (Wildman–Crippen MR) is 110 cm³/mol. The number of amides is 1. The molecule has 2 aliphatic heterocycles. The molecule has 0 unspecified atom stereocenters. The van der Waals surface area contributed by atoms with Gasteiger partial charge in [-0.25, -0.2) is 4.98 Å². The monoisotopic (exact) mass is 409 g/mol. The molecule has 2 aromatic heterocycles. The van der Waals surface area contributed by atoms with Crippen molar-refractivity contribution in [2.24, 2.45) is 5.41 Å². The molecule has 2 N–H and O–H groups in total. The molecule has 6 nitrogen and oxygen atoms in total. The molecular weight excluding hydrogens is 382 g/mol. The van der Waals surface area contributed by atoms with Crippen molar-refractivity contribution in [1.29, 1.82) is 0 Å². The van der Waals surface area contributed by atoms with Crippen LogP contribution in [-0.2, 0) is 17.8 Å². The molecule has 0 saturated carbocycles. The highest BCUT2D eigenvalue weighted by Gasteiger charge is 2.55. The van der Waals surface area contributed by atoms with Gasteiger partial charge in [0.05, 0.1) is 28.9 Å². The van der Waals surface area contributed by atoms with Gasteiger partial charge in [-0.05, 0) is 45.6 Å². The third-order valence-corrected chi connectivity index (χ3v) is 6.94. The van der Waals surface area contributed by atoms with Crippen LogP contribution in [-0.4, -0.2) is 39.3 Å².